The van der Waals surface area contributed by atoms with E-state index in [1.54, 1.807) is 16.9 Å². The molecule has 0 radical (unpaired) electrons. The van der Waals surface area contributed by atoms with Gasteiger partial charge < -0.3 is 5.11 Å². The standard InChI is InChI=1S/C27H37F3N4O/c1-18(13-16-27(29,30)25(2,3)35)22-11-12-23-19(6-5-15-26(22,23)4)14-17-34-32-24(31-33-34)20-7-9-21(28)10-8-20/h7-10,14,18,22-23,35H,5-6,11-13,15-17H2,1-4H3/b19-14+/t18?,22-,23+,26-/m1/s1. The van der Waals surface area contributed by atoms with E-state index < -0.39 is 11.5 Å². The molecule has 1 aromatic carbocycles. The SMILES string of the molecule is CC(CCC(F)(F)C(C)(C)O)[C@H]1CC[C@H]2/C(=C/Cn3nnc(-c4ccc(F)cc4)n3)CCC[C@]12C. The van der Waals surface area contributed by atoms with Crippen LogP contribution in [0.3, 0.4) is 0 Å². The van der Waals surface area contributed by atoms with Crippen LogP contribution in [0.5, 0.6) is 0 Å². The molecule has 1 N–H and O–H groups in total. The Bertz CT molecular complexity index is 1040. The lowest BCUT2D eigenvalue weighted by Gasteiger charge is -2.44. The zero-order valence-corrected chi connectivity index (χ0v) is 21.1. The first kappa shape index (κ1) is 25.9. The summed E-state index contributed by atoms with van der Waals surface area (Å²) in [6.45, 7) is 7.35. The van der Waals surface area contributed by atoms with Gasteiger partial charge in [-0.05, 0) is 105 Å². The molecule has 5 nitrogen and oxygen atoms in total. The Morgan fingerprint density at radius 2 is 1.94 bits per heavy atom. The first-order valence-corrected chi connectivity index (χ1v) is 12.7. The Labute approximate surface area is 205 Å². The highest BCUT2D eigenvalue weighted by molar-refractivity contribution is 5.53. The Balaban J connectivity index is 1.42. The number of allylic oxidation sites excluding steroid dienone is 2. The van der Waals surface area contributed by atoms with Gasteiger partial charge in [0.25, 0.3) is 5.92 Å². The molecule has 1 unspecified atom stereocenters. The number of benzene rings is 1. The zero-order chi connectivity index (χ0) is 25.4. The van der Waals surface area contributed by atoms with E-state index in [-0.39, 0.29) is 23.6 Å². The molecule has 4 atom stereocenters. The van der Waals surface area contributed by atoms with E-state index in [4.69, 9.17) is 0 Å². The van der Waals surface area contributed by atoms with Gasteiger partial charge in [-0.3, -0.25) is 0 Å². The monoisotopic (exact) mass is 490 g/mol. The van der Waals surface area contributed by atoms with Crippen LogP contribution in [0.4, 0.5) is 13.2 Å². The van der Waals surface area contributed by atoms with Gasteiger partial charge in [-0.1, -0.05) is 25.5 Å². The Hall–Kier alpha value is -2.22. The van der Waals surface area contributed by atoms with E-state index >= 15 is 0 Å². The molecule has 0 spiro atoms. The number of tetrazole rings is 1. The van der Waals surface area contributed by atoms with Crippen LogP contribution in [-0.4, -0.2) is 36.8 Å². The third-order valence-corrected chi connectivity index (χ3v) is 8.61. The topological polar surface area (TPSA) is 63.8 Å². The largest absolute Gasteiger partial charge is 0.384 e. The summed E-state index contributed by atoms with van der Waals surface area (Å²) >= 11 is 0. The summed E-state index contributed by atoms with van der Waals surface area (Å²) in [5.41, 5.74) is 0.235. The predicted octanol–water partition coefficient (Wildman–Crippen LogP) is 6.44. The molecule has 0 amide bonds. The van der Waals surface area contributed by atoms with Crippen LogP contribution >= 0.6 is 0 Å². The third-order valence-electron chi connectivity index (χ3n) is 8.61. The highest BCUT2D eigenvalue weighted by atomic mass is 19.3. The molecule has 1 heterocycles. The van der Waals surface area contributed by atoms with Crippen molar-refractivity contribution < 1.29 is 18.3 Å². The van der Waals surface area contributed by atoms with Crippen molar-refractivity contribution in [2.45, 2.75) is 90.7 Å². The number of alkyl halides is 2. The summed E-state index contributed by atoms with van der Waals surface area (Å²) in [6, 6.07) is 6.03. The molecular formula is C27H37F3N4O. The predicted molar refractivity (Wildman–Crippen MR) is 129 cm³/mol. The summed E-state index contributed by atoms with van der Waals surface area (Å²) in [5, 5.41) is 22.5. The lowest BCUT2D eigenvalue weighted by molar-refractivity contribution is -0.168. The molecular weight excluding hydrogens is 453 g/mol. The fraction of sp³-hybridized carbons (Fsp3) is 0.667. The minimum atomic E-state index is -3.09. The van der Waals surface area contributed by atoms with Crippen molar-refractivity contribution in [1.29, 1.82) is 0 Å². The number of rotatable bonds is 8. The van der Waals surface area contributed by atoms with Crippen molar-refractivity contribution in [3.05, 3.63) is 41.7 Å². The van der Waals surface area contributed by atoms with Crippen LogP contribution < -0.4 is 0 Å². The summed E-state index contributed by atoms with van der Waals surface area (Å²) in [7, 11) is 0. The summed E-state index contributed by atoms with van der Waals surface area (Å²) < 4.78 is 41.9. The smallest absolute Gasteiger partial charge is 0.275 e. The summed E-state index contributed by atoms with van der Waals surface area (Å²) in [5.74, 6) is -1.92. The lowest BCUT2D eigenvalue weighted by Crippen LogP contribution is -2.43. The molecule has 0 bridgehead atoms. The maximum absolute atomic E-state index is 14.4. The quantitative estimate of drug-likeness (QED) is 0.432. The summed E-state index contributed by atoms with van der Waals surface area (Å²) in [4.78, 5) is 1.56. The van der Waals surface area contributed by atoms with E-state index in [0.29, 0.717) is 30.6 Å². The van der Waals surface area contributed by atoms with Crippen LogP contribution in [-0.2, 0) is 6.54 Å². The Morgan fingerprint density at radius 1 is 1.23 bits per heavy atom. The van der Waals surface area contributed by atoms with E-state index in [1.165, 1.54) is 31.6 Å². The number of aliphatic hydroxyl groups is 1. The highest BCUT2D eigenvalue weighted by Gasteiger charge is 2.51. The maximum atomic E-state index is 14.4. The number of hydrogen-bond acceptors (Lipinski definition) is 4. The van der Waals surface area contributed by atoms with Crippen molar-refractivity contribution in [1.82, 2.24) is 20.2 Å². The Kier molecular flexibility index (Phi) is 7.15. The molecule has 2 aliphatic carbocycles. The van der Waals surface area contributed by atoms with E-state index in [2.05, 4.69) is 35.3 Å². The molecule has 2 fully saturated rings. The van der Waals surface area contributed by atoms with Crippen LogP contribution in [0.15, 0.2) is 35.9 Å². The molecule has 2 saturated carbocycles. The van der Waals surface area contributed by atoms with Crippen LogP contribution in [0, 0.1) is 29.0 Å². The van der Waals surface area contributed by atoms with Crippen molar-refractivity contribution >= 4 is 0 Å². The van der Waals surface area contributed by atoms with Crippen LogP contribution in [0.2, 0.25) is 0 Å². The minimum absolute atomic E-state index is 0.0998. The van der Waals surface area contributed by atoms with Gasteiger partial charge in [-0.15, -0.1) is 10.2 Å². The number of halogens is 3. The summed E-state index contributed by atoms with van der Waals surface area (Å²) in [6.07, 6.45) is 7.71. The second-order valence-electron chi connectivity index (χ2n) is 11.3. The van der Waals surface area contributed by atoms with Gasteiger partial charge in [0, 0.05) is 12.0 Å². The third kappa shape index (κ3) is 5.32. The van der Waals surface area contributed by atoms with Crippen molar-refractivity contribution in [3.63, 3.8) is 0 Å². The van der Waals surface area contributed by atoms with Crippen molar-refractivity contribution in [3.8, 4) is 11.4 Å². The molecule has 0 aliphatic heterocycles. The van der Waals surface area contributed by atoms with Gasteiger partial charge in [0.15, 0.2) is 0 Å². The molecule has 35 heavy (non-hydrogen) atoms. The molecule has 0 saturated heterocycles. The fourth-order valence-corrected chi connectivity index (χ4v) is 6.41. The van der Waals surface area contributed by atoms with Gasteiger partial charge in [0.1, 0.15) is 11.4 Å². The van der Waals surface area contributed by atoms with Crippen molar-refractivity contribution in [2.24, 2.45) is 23.2 Å². The van der Waals surface area contributed by atoms with E-state index in [0.717, 1.165) is 37.7 Å². The van der Waals surface area contributed by atoms with Gasteiger partial charge in [0.05, 0.1) is 6.54 Å². The first-order chi connectivity index (χ1) is 16.4. The molecule has 4 rings (SSSR count). The number of nitrogens with zero attached hydrogens (tertiary/aromatic N) is 4. The Morgan fingerprint density at radius 3 is 2.63 bits per heavy atom. The average molecular weight is 491 g/mol. The zero-order valence-electron chi connectivity index (χ0n) is 21.1. The second kappa shape index (κ2) is 9.68. The van der Waals surface area contributed by atoms with Gasteiger partial charge in [-0.2, -0.15) is 4.80 Å². The van der Waals surface area contributed by atoms with Gasteiger partial charge in [-0.25, -0.2) is 13.2 Å². The lowest BCUT2D eigenvalue weighted by atomic mass is 9.60. The minimum Gasteiger partial charge on any atom is -0.384 e. The number of hydrogen-bond donors (Lipinski definition) is 1. The highest BCUT2D eigenvalue weighted by Crippen LogP contribution is 2.60. The fourth-order valence-electron chi connectivity index (χ4n) is 6.41. The van der Waals surface area contributed by atoms with Crippen LogP contribution in [0.25, 0.3) is 11.4 Å². The van der Waals surface area contributed by atoms with E-state index in [9.17, 15) is 18.3 Å². The van der Waals surface area contributed by atoms with Crippen LogP contribution in [0.1, 0.15) is 72.6 Å². The second-order valence-corrected chi connectivity index (χ2v) is 11.3. The van der Waals surface area contributed by atoms with Gasteiger partial charge in [0.2, 0.25) is 5.82 Å². The van der Waals surface area contributed by atoms with Crippen molar-refractivity contribution in [2.75, 3.05) is 0 Å². The molecule has 2 aromatic rings. The van der Waals surface area contributed by atoms with E-state index in [1.807, 2.05) is 0 Å². The van der Waals surface area contributed by atoms with Gasteiger partial charge >= 0.3 is 0 Å². The first-order valence-electron chi connectivity index (χ1n) is 12.7. The molecule has 192 valence electrons. The average Bonchev–Trinajstić information content (AvgIpc) is 3.40. The maximum Gasteiger partial charge on any atom is 0.275 e. The molecule has 1 aromatic heterocycles. The number of aromatic nitrogens is 4. The normalized spacial score (nSPS) is 27.3. The number of fused-ring (bicyclic) bond motifs is 1. The molecule has 8 heteroatoms. The molecule has 2 aliphatic rings.